The maximum atomic E-state index is 12.6. The topological polar surface area (TPSA) is 35.5 Å². The number of rotatable bonds is 6. The van der Waals surface area contributed by atoms with Crippen LogP contribution in [0.4, 0.5) is 48.7 Å². The summed E-state index contributed by atoms with van der Waals surface area (Å²) in [6.45, 7) is -4.74. The van der Waals surface area contributed by atoms with Crippen molar-refractivity contribution in [2.75, 3.05) is 13.2 Å². The van der Waals surface area contributed by atoms with Gasteiger partial charge >= 0.3 is 30.6 Å². The summed E-state index contributed by atoms with van der Waals surface area (Å²) in [5, 5.41) is 0. The zero-order chi connectivity index (χ0) is 17.1. The molecule has 0 aliphatic carbocycles. The van der Waals surface area contributed by atoms with Crippen LogP contribution in [0.25, 0.3) is 0 Å². The Kier molecular flexibility index (Phi) is 6.11. The van der Waals surface area contributed by atoms with Gasteiger partial charge in [0.15, 0.2) is 13.2 Å². The van der Waals surface area contributed by atoms with Crippen molar-refractivity contribution in [1.82, 2.24) is 0 Å². The van der Waals surface area contributed by atoms with Crippen LogP contribution in [0.5, 0.6) is 0 Å². The number of hydrogen-bond donors (Lipinski definition) is 0. The first kappa shape index (κ1) is 19.6. The van der Waals surface area contributed by atoms with E-state index in [1.807, 2.05) is 0 Å². The average Bonchev–Trinajstić information content (AvgIpc) is 2.31. The molecule has 0 radical (unpaired) electrons. The standard InChI is InChI=1S/C8H6F10O3/c9-3(8(16,17)18)6(12,13)1-20-5(19)21-2-7(14,15)4(10)11/h3-4H,1-2H2. The first-order valence-electron chi connectivity index (χ1n) is 4.74. The Hall–Kier alpha value is -1.43. The Morgan fingerprint density at radius 3 is 1.52 bits per heavy atom. The fraction of sp³-hybridized carbons (Fsp3) is 0.875. The van der Waals surface area contributed by atoms with Gasteiger partial charge in [0.1, 0.15) is 0 Å². The van der Waals surface area contributed by atoms with Crippen LogP contribution >= 0.6 is 0 Å². The number of alkyl halides is 10. The van der Waals surface area contributed by atoms with Gasteiger partial charge in [-0.25, -0.2) is 18.0 Å². The van der Waals surface area contributed by atoms with E-state index >= 15 is 0 Å². The van der Waals surface area contributed by atoms with Crippen LogP contribution in [0.1, 0.15) is 0 Å². The minimum absolute atomic E-state index is 2.26. The summed E-state index contributed by atoms with van der Waals surface area (Å²) in [5.41, 5.74) is 0. The number of halogens is 10. The molecule has 1 unspecified atom stereocenters. The van der Waals surface area contributed by atoms with Gasteiger partial charge in [0.25, 0.3) is 6.17 Å². The largest absolute Gasteiger partial charge is 0.508 e. The molecule has 0 aromatic heterocycles. The van der Waals surface area contributed by atoms with Crippen LogP contribution in [0.15, 0.2) is 0 Å². The lowest BCUT2D eigenvalue weighted by atomic mass is 10.2. The minimum Gasteiger partial charge on any atom is -0.428 e. The van der Waals surface area contributed by atoms with Gasteiger partial charge in [-0.15, -0.1) is 0 Å². The van der Waals surface area contributed by atoms with Crippen molar-refractivity contribution >= 4 is 6.16 Å². The van der Waals surface area contributed by atoms with Crippen LogP contribution < -0.4 is 0 Å². The number of hydrogen-bond acceptors (Lipinski definition) is 3. The zero-order valence-electron chi connectivity index (χ0n) is 9.57. The summed E-state index contributed by atoms with van der Waals surface area (Å²) in [5.74, 6) is -10.0. The lowest BCUT2D eigenvalue weighted by Crippen LogP contribution is -2.45. The van der Waals surface area contributed by atoms with Crippen LogP contribution in [0, 0.1) is 0 Å². The highest BCUT2D eigenvalue weighted by atomic mass is 19.4. The van der Waals surface area contributed by atoms with Gasteiger partial charge in [-0.2, -0.15) is 30.7 Å². The van der Waals surface area contributed by atoms with Crippen LogP contribution in [-0.2, 0) is 9.47 Å². The second kappa shape index (κ2) is 6.56. The SMILES string of the molecule is O=C(OCC(F)(F)C(F)F)OCC(F)(F)C(F)C(F)(F)F. The third-order valence-electron chi connectivity index (χ3n) is 1.74. The lowest BCUT2D eigenvalue weighted by Gasteiger charge is -2.22. The highest BCUT2D eigenvalue weighted by Gasteiger charge is 2.57. The Bertz CT molecular complexity index is 353. The van der Waals surface area contributed by atoms with Crippen molar-refractivity contribution < 1.29 is 58.2 Å². The molecular formula is C8H6F10O3. The van der Waals surface area contributed by atoms with E-state index in [9.17, 15) is 48.7 Å². The molecule has 0 spiro atoms. The van der Waals surface area contributed by atoms with Crippen LogP contribution in [0.3, 0.4) is 0 Å². The molecule has 126 valence electrons. The number of carbonyl (C=O) groups is 1. The highest BCUT2D eigenvalue weighted by Crippen LogP contribution is 2.35. The molecule has 13 heteroatoms. The van der Waals surface area contributed by atoms with Gasteiger partial charge in [0.05, 0.1) is 0 Å². The van der Waals surface area contributed by atoms with E-state index in [1.165, 1.54) is 0 Å². The summed E-state index contributed by atoms with van der Waals surface area (Å²) in [7, 11) is 0. The molecule has 0 bridgehead atoms. The quantitative estimate of drug-likeness (QED) is 0.548. The van der Waals surface area contributed by atoms with Crippen molar-refractivity contribution in [3.05, 3.63) is 0 Å². The fourth-order valence-electron chi connectivity index (χ4n) is 0.728. The molecule has 0 amide bonds. The van der Waals surface area contributed by atoms with Gasteiger partial charge in [0.2, 0.25) is 0 Å². The molecule has 0 fully saturated rings. The molecule has 0 aliphatic rings. The first-order chi connectivity index (χ1) is 9.20. The molecule has 0 rings (SSSR count). The fourth-order valence-corrected chi connectivity index (χ4v) is 0.728. The van der Waals surface area contributed by atoms with Crippen molar-refractivity contribution in [2.45, 2.75) is 30.6 Å². The normalized spacial score (nSPS) is 15.0. The molecule has 0 heterocycles. The van der Waals surface area contributed by atoms with Gasteiger partial charge in [-0.05, 0) is 0 Å². The second-order valence-corrected chi connectivity index (χ2v) is 3.55. The van der Waals surface area contributed by atoms with Crippen molar-refractivity contribution in [3.8, 4) is 0 Å². The Balaban J connectivity index is 4.37. The summed E-state index contributed by atoms with van der Waals surface area (Å²) in [6.07, 6.45) is -17.3. The Morgan fingerprint density at radius 1 is 0.810 bits per heavy atom. The molecular weight excluding hydrogens is 334 g/mol. The van der Waals surface area contributed by atoms with Gasteiger partial charge in [0, 0.05) is 0 Å². The average molecular weight is 340 g/mol. The van der Waals surface area contributed by atoms with Crippen LogP contribution in [0.2, 0.25) is 0 Å². The van der Waals surface area contributed by atoms with E-state index in [-0.39, 0.29) is 0 Å². The van der Waals surface area contributed by atoms with Gasteiger partial charge in [-0.3, -0.25) is 0 Å². The van der Waals surface area contributed by atoms with Gasteiger partial charge in [-0.1, -0.05) is 0 Å². The van der Waals surface area contributed by atoms with Gasteiger partial charge < -0.3 is 9.47 Å². The zero-order valence-corrected chi connectivity index (χ0v) is 9.57. The predicted octanol–water partition coefficient (Wildman–Crippen LogP) is 3.58. The molecule has 0 aliphatic heterocycles. The summed E-state index contributed by atoms with van der Waals surface area (Å²) in [4.78, 5) is 10.5. The summed E-state index contributed by atoms with van der Waals surface area (Å²) in [6, 6.07) is 0. The van der Waals surface area contributed by atoms with E-state index in [0.29, 0.717) is 0 Å². The Morgan fingerprint density at radius 2 is 1.19 bits per heavy atom. The molecule has 0 saturated heterocycles. The number of ether oxygens (including phenoxy) is 2. The van der Waals surface area contributed by atoms with E-state index in [4.69, 9.17) is 0 Å². The maximum Gasteiger partial charge on any atom is 0.508 e. The lowest BCUT2D eigenvalue weighted by molar-refractivity contribution is -0.253. The molecule has 0 aromatic rings. The molecule has 0 aromatic carbocycles. The van der Waals surface area contributed by atoms with E-state index in [0.717, 1.165) is 0 Å². The summed E-state index contributed by atoms with van der Waals surface area (Å²) >= 11 is 0. The van der Waals surface area contributed by atoms with E-state index in [2.05, 4.69) is 9.47 Å². The van der Waals surface area contributed by atoms with Crippen molar-refractivity contribution in [3.63, 3.8) is 0 Å². The minimum atomic E-state index is -5.96. The van der Waals surface area contributed by atoms with E-state index in [1.54, 1.807) is 0 Å². The molecule has 1 atom stereocenters. The second-order valence-electron chi connectivity index (χ2n) is 3.55. The molecule has 0 saturated carbocycles. The monoisotopic (exact) mass is 340 g/mol. The van der Waals surface area contributed by atoms with Crippen molar-refractivity contribution in [1.29, 1.82) is 0 Å². The molecule has 3 nitrogen and oxygen atoms in total. The van der Waals surface area contributed by atoms with Crippen molar-refractivity contribution in [2.24, 2.45) is 0 Å². The number of carbonyl (C=O) groups excluding carboxylic acids is 1. The maximum absolute atomic E-state index is 12.6. The van der Waals surface area contributed by atoms with Crippen LogP contribution in [-0.4, -0.2) is 50.0 Å². The first-order valence-corrected chi connectivity index (χ1v) is 4.74. The predicted molar refractivity (Wildman–Crippen MR) is 44.1 cm³/mol. The third-order valence-corrected chi connectivity index (χ3v) is 1.74. The summed E-state index contributed by atoms with van der Waals surface area (Å²) < 4.78 is 127. The van der Waals surface area contributed by atoms with E-state index < -0.39 is 50.0 Å². The Labute approximate surface area is 109 Å². The smallest absolute Gasteiger partial charge is 0.428 e. The highest BCUT2D eigenvalue weighted by molar-refractivity contribution is 5.59. The third kappa shape index (κ3) is 6.25. The molecule has 0 N–H and O–H groups in total. The molecule has 21 heavy (non-hydrogen) atoms.